The third kappa shape index (κ3) is 3.59. The van der Waals surface area contributed by atoms with Crippen molar-refractivity contribution in [2.45, 2.75) is 27.3 Å². The fraction of sp³-hybridized carbons (Fsp3) is 0.200. The average Bonchev–Trinajstić information content (AvgIpc) is 3.23. The fourth-order valence-electron chi connectivity index (χ4n) is 3.08. The van der Waals surface area contributed by atoms with Crippen molar-refractivity contribution in [2.75, 3.05) is 5.32 Å². The van der Waals surface area contributed by atoms with Crippen LogP contribution in [0.3, 0.4) is 0 Å². The third-order valence-electron chi connectivity index (χ3n) is 4.30. The van der Waals surface area contributed by atoms with Crippen LogP contribution >= 0.6 is 11.3 Å². The first-order valence-corrected chi connectivity index (χ1v) is 9.60. The highest BCUT2D eigenvalue weighted by molar-refractivity contribution is 7.09. The Balaban J connectivity index is 1.63. The summed E-state index contributed by atoms with van der Waals surface area (Å²) in [7, 11) is 0. The Hall–Kier alpha value is -3.06. The second kappa shape index (κ2) is 7.28. The normalized spacial score (nSPS) is 10.9. The first-order valence-electron chi connectivity index (χ1n) is 8.72. The Bertz CT molecular complexity index is 1070. The zero-order valence-corrected chi connectivity index (χ0v) is 16.3. The molecule has 0 aliphatic carbocycles. The van der Waals surface area contributed by atoms with Crippen molar-refractivity contribution < 1.29 is 0 Å². The zero-order chi connectivity index (χ0) is 18.8. The predicted octanol–water partition coefficient (Wildman–Crippen LogP) is 4.32. The van der Waals surface area contributed by atoms with Crippen LogP contribution in [0.15, 0.2) is 48.0 Å². The summed E-state index contributed by atoms with van der Waals surface area (Å²) in [5.74, 6) is 0.587. The summed E-state index contributed by atoms with van der Waals surface area (Å²) in [6.07, 6.45) is 1.77. The number of nitrogens with zero attached hydrogens (tertiary/aromatic N) is 5. The molecule has 4 rings (SSSR count). The first kappa shape index (κ1) is 17.4. The molecule has 1 aromatic carbocycles. The lowest BCUT2D eigenvalue weighted by atomic mass is 10.1. The maximum absolute atomic E-state index is 4.71. The maximum atomic E-state index is 4.71. The highest BCUT2D eigenvalue weighted by atomic mass is 32.1. The monoisotopic (exact) mass is 376 g/mol. The molecule has 0 radical (unpaired) electrons. The molecule has 3 aromatic heterocycles. The van der Waals surface area contributed by atoms with Crippen LogP contribution in [0, 0.1) is 20.8 Å². The van der Waals surface area contributed by atoms with Crippen LogP contribution in [0.25, 0.3) is 16.9 Å². The quantitative estimate of drug-likeness (QED) is 0.562. The number of hydrogen-bond acceptors (Lipinski definition) is 6. The highest BCUT2D eigenvalue weighted by Crippen LogP contribution is 2.27. The Morgan fingerprint density at radius 3 is 2.59 bits per heavy atom. The van der Waals surface area contributed by atoms with E-state index in [9.17, 15) is 0 Å². The summed E-state index contributed by atoms with van der Waals surface area (Å²) >= 11 is 1.64. The van der Waals surface area contributed by atoms with Crippen molar-refractivity contribution >= 4 is 17.3 Å². The van der Waals surface area contributed by atoms with Gasteiger partial charge in [0.2, 0.25) is 5.95 Å². The Labute approximate surface area is 162 Å². The molecule has 4 aromatic rings. The van der Waals surface area contributed by atoms with Gasteiger partial charge in [0.05, 0.1) is 40.0 Å². The first-order chi connectivity index (χ1) is 13.1. The van der Waals surface area contributed by atoms with E-state index in [-0.39, 0.29) is 0 Å². The number of anilines is 1. The van der Waals surface area contributed by atoms with Crippen LogP contribution in [0.4, 0.5) is 5.95 Å². The van der Waals surface area contributed by atoms with E-state index in [4.69, 9.17) is 10.1 Å². The predicted molar refractivity (Wildman–Crippen MR) is 108 cm³/mol. The minimum Gasteiger partial charge on any atom is -0.349 e. The minimum atomic E-state index is 0.587. The summed E-state index contributed by atoms with van der Waals surface area (Å²) < 4.78 is 1.96. The topological polar surface area (TPSA) is 68.5 Å². The van der Waals surface area contributed by atoms with E-state index in [0.29, 0.717) is 12.5 Å². The Morgan fingerprint density at radius 2 is 1.85 bits per heavy atom. The van der Waals surface area contributed by atoms with Crippen molar-refractivity contribution in [3.05, 3.63) is 70.1 Å². The summed E-state index contributed by atoms with van der Waals surface area (Å²) in [4.78, 5) is 13.5. The number of benzene rings is 1. The van der Waals surface area contributed by atoms with Gasteiger partial charge in [-0.3, -0.25) is 0 Å². The van der Waals surface area contributed by atoms with Crippen LogP contribution in [0.1, 0.15) is 22.1 Å². The third-order valence-corrected chi connectivity index (χ3v) is 5.12. The molecular weight excluding hydrogens is 356 g/mol. The number of thiazole rings is 1. The summed E-state index contributed by atoms with van der Waals surface area (Å²) in [6, 6.07) is 12.0. The van der Waals surface area contributed by atoms with Crippen molar-refractivity contribution in [1.82, 2.24) is 24.7 Å². The number of aromatic nitrogens is 5. The molecular formula is C20H20N6S. The molecule has 0 unspecified atom stereocenters. The second-order valence-electron chi connectivity index (χ2n) is 6.27. The molecule has 27 heavy (non-hydrogen) atoms. The van der Waals surface area contributed by atoms with Crippen LogP contribution < -0.4 is 5.32 Å². The van der Waals surface area contributed by atoms with E-state index in [2.05, 4.69) is 22.2 Å². The molecule has 0 saturated heterocycles. The number of rotatable bonds is 5. The molecule has 136 valence electrons. The van der Waals surface area contributed by atoms with Gasteiger partial charge in [-0.25, -0.2) is 19.6 Å². The molecule has 0 saturated carbocycles. The summed E-state index contributed by atoms with van der Waals surface area (Å²) in [5, 5.41) is 11.1. The molecule has 7 heteroatoms. The van der Waals surface area contributed by atoms with E-state index in [1.807, 2.05) is 60.3 Å². The Morgan fingerprint density at radius 1 is 1.04 bits per heavy atom. The van der Waals surface area contributed by atoms with Crippen LogP contribution in [0.2, 0.25) is 0 Å². The van der Waals surface area contributed by atoms with E-state index < -0.39 is 0 Å². The van der Waals surface area contributed by atoms with E-state index in [0.717, 1.165) is 39.0 Å². The molecule has 0 atom stereocenters. The number of hydrogen-bond donors (Lipinski definition) is 1. The number of nitrogens with one attached hydrogen (secondary N) is 1. The standard InChI is InChI=1S/C20H20N6S/c1-13-19(14(2)26(25-13)17-7-5-4-6-8-17)18-9-10-21-20(24-18)22-11-16-12-27-15(3)23-16/h4-10,12H,11H2,1-3H3,(H,21,22,24). The van der Waals surface area contributed by atoms with Gasteiger partial charge in [0, 0.05) is 17.1 Å². The van der Waals surface area contributed by atoms with Gasteiger partial charge in [0.25, 0.3) is 0 Å². The number of para-hydroxylation sites is 1. The molecule has 0 bridgehead atoms. The summed E-state index contributed by atoms with van der Waals surface area (Å²) in [6.45, 7) is 6.68. The maximum Gasteiger partial charge on any atom is 0.223 e. The molecule has 0 fully saturated rings. The van der Waals surface area contributed by atoms with Crippen molar-refractivity contribution in [1.29, 1.82) is 0 Å². The van der Waals surface area contributed by atoms with Gasteiger partial charge in [-0.1, -0.05) is 18.2 Å². The SMILES string of the molecule is Cc1nc(CNc2nccc(-c3c(C)nn(-c4ccccc4)c3C)n2)cs1. The lowest BCUT2D eigenvalue weighted by Crippen LogP contribution is -2.04. The smallest absolute Gasteiger partial charge is 0.223 e. The summed E-state index contributed by atoms with van der Waals surface area (Å²) in [5.41, 5.74) is 5.92. The Kier molecular flexibility index (Phi) is 4.68. The molecule has 6 nitrogen and oxygen atoms in total. The zero-order valence-electron chi connectivity index (χ0n) is 15.5. The van der Waals surface area contributed by atoms with E-state index in [1.54, 1.807) is 17.5 Å². The van der Waals surface area contributed by atoms with Crippen LogP contribution in [-0.2, 0) is 6.54 Å². The van der Waals surface area contributed by atoms with Crippen LogP contribution in [-0.4, -0.2) is 24.7 Å². The lowest BCUT2D eigenvalue weighted by Gasteiger charge is -2.07. The molecule has 3 heterocycles. The van der Waals surface area contributed by atoms with Crippen molar-refractivity contribution in [3.63, 3.8) is 0 Å². The molecule has 1 N–H and O–H groups in total. The van der Waals surface area contributed by atoms with Crippen molar-refractivity contribution in [2.24, 2.45) is 0 Å². The average molecular weight is 376 g/mol. The number of aryl methyl sites for hydroxylation is 2. The molecule has 0 spiro atoms. The van der Waals surface area contributed by atoms with E-state index >= 15 is 0 Å². The molecule has 0 aliphatic heterocycles. The minimum absolute atomic E-state index is 0.587. The van der Waals surface area contributed by atoms with Gasteiger partial charge < -0.3 is 5.32 Å². The van der Waals surface area contributed by atoms with Gasteiger partial charge in [-0.15, -0.1) is 11.3 Å². The van der Waals surface area contributed by atoms with Crippen LogP contribution in [0.5, 0.6) is 0 Å². The van der Waals surface area contributed by atoms with Gasteiger partial charge in [-0.2, -0.15) is 5.10 Å². The fourth-order valence-corrected chi connectivity index (χ4v) is 3.69. The van der Waals surface area contributed by atoms with Gasteiger partial charge >= 0.3 is 0 Å². The molecule has 0 aliphatic rings. The van der Waals surface area contributed by atoms with Gasteiger partial charge in [0.1, 0.15) is 0 Å². The van der Waals surface area contributed by atoms with Gasteiger partial charge in [-0.05, 0) is 39.0 Å². The van der Waals surface area contributed by atoms with Gasteiger partial charge in [0.15, 0.2) is 0 Å². The lowest BCUT2D eigenvalue weighted by molar-refractivity contribution is 0.834. The van der Waals surface area contributed by atoms with Crippen molar-refractivity contribution in [3.8, 4) is 16.9 Å². The van der Waals surface area contributed by atoms with E-state index in [1.165, 1.54) is 0 Å². The molecule has 0 amide bonds. The highest BCUT2D eigenvalue weighted by Gasteiger charge is 2.16. The largest absolute Gasteiger partial charge is 0.349 e. The second-order valence-corrected chi connectivity index (χ2v) is 7.33.